The fourth-order valence-corrected chi connectivity index (χ4v) is 4.84. The Morgan fingerprint density at radius 2 is 1.49 bits per heavy atom. The summed E-state index contributed by atoms with van der Waals surface area (Å²) in [6, 6.07) is 27.7. The van der Waals surface area contributed by atoms with Crippen LogP contribution >= 0.6 is 0 Å². The summed E-state index contributed by atoms with van der Waals surface area (Å²) in [5.41, 5.74) is 3.85. The van der Waals surface area contributed by atoms with E-state index in [0.717, 1.165) is 48.7 Å². The van der Waals surface area contributed by atoms with E-state index in [0.29, 0.717) is 13.1 Å². The van der Waals surface area contributed by atoms with Gasteiger partial charge in [0.25, 0.3) is 0 Å². The summed E-state index contributed by atoms with van der Waals surface area (Å²) < 4.78 is 3.00. The van der Waals surface area contributed by atoms with Gasteiger partial charge in [0, 0.05) is 45.0 Å². The van der Waals surface area contributed by atoms with Crippen molar-refractivity contribution >= 4 is 11.6 Å². The third kappa shape index (κ3) is 5.49. The van der Waals surface area contributed by atoms with Crippen LogP contribution in [0.2, 0.25) is 0 Å². The zero-order valence-corrected chi connectivity index (χ0v) is 21.0. The standard InChI is InChI=1S/C29H32N6O2/c1-2-35-29(37)34(22-31-35)26-15-13-25(14-16-26)32-17-19-33(20-18-32)27(24-11-7-4-8-12-24)28(36)30-21-23-9-5-3-6-10-23/h3-16,22,27H,2,17-21H2,1H3,(H,30,36). The Hall–Kier alpha value is -4.17. The van der Waals surface area contributed by atoms with E-state index < -0.39 is 0 Å². The Morgan fingerprint density at radius 1 is 0.865 bits per heavy atom. The molecule has 1 saturated heterocycles. The van der Waals surface area contributed by atoms with Crippen molar-refractivity contribution in [3.8, 4) is 5.69 Å². The van der Waals surface area contributed by atoms with Crippen molar-refractivity contribution in [2.75, 3.05) is 31.1 Å². The summed E-state index contributed by atoms with van der Waals surface area (Å²) in [6.07, 6.45) is 1.56. The van der Waals surface area contributed by atoms with Gasteiger partial charge in [-0.05, 0) is 42.3 Å². The molecule has 0 bridgehead atoms. The van der Waals surface area contributed by atoms with Crippen LogP contribution in [0, 0.1) is 0 Å². The number of carbonyl (C=O) groups is 1. The highest BCUT2D eigenvalue weighted by molar-refractivity contribution is 5.83. The molecule has 1 fully saturated rings. The quantitative estimate of drug-likeness (QED) is 0.405. The first-order valence-corrected chi connectivity index (χ1v) is 12.7. The predicted molar refractivity (Wildman–Crippen MR) is 145 cm³/mol. The molecule has 4 aromatic rings. The van der Waals surface area contributed by atoms with E-state index in [4.69, 9.17) is 0 Å². The van der Waals surface area contributed by atoms with E-state index in [1.54, 1.807) is 10.9 Å². The monoisotopic (exact) mass is 496 g/mol. The number of benzene rings is 3. The molecule has 8 nitrogen and oxygen atoms in total. The number of nitrogens with zero attached hydrogens (tertiary/aromatic N) is 5. The van der Waals surface area contributed by atoms with Crippen LogP contribution in [0.15, 0.2) is 96.1 Å². The molecule has 1 amide bonds. The van der Waals surface area contributed by atoms with Crippen molar-refractivity contribution in [2.45, 2.75) is 26.1 Å². The van der Waals surface area contributed by atoms with Crippen LogP contribution in [0.3, 0.4) is 0 Å². The SMILES string of the molecule is CCn1ncn(-c2ccc(N3CCN(C(C(=O)NCc4ccccc4)c4ccccc4)CC3)cc2)c1=O. The number of anilines is 1. The van der Waals surface area contributed by atoms with Crippen LogP contribution in [-0.4, -0.2) is 51.3 Å². The Labute approximate surface area is 216 Å². The van der Waals surface area contributed by atoms with Crippen LogP contribution in [0.25, 0.3) is 5.69 Å². The normalized spacial score (nSPS) is 14.9. The van der Waals surface area contributed by atoms with Gasteiger partial charge in [0.05, 0.1) is 5.69 Å². The van der Waals surface area contributed by atoms with Gasteiger partial charge in [0.15, 0.2) is 0 Å². The molecule has 1 aliphatic heterocycles. The molecule has 1 unspecified atom stereocenters. The highest BCUT2D eigenvalue weighted by Gasteiger charge is 2.30. The zero-order chi connectivity index (χ0) is 25.6. The highest BCUT2D eigenvalue weighted by atomic mass is 16.2. The Morgan fingerprint density at radius 3 is 2.11 bits per heavy atom. The summed E-state index contributed by atoms with van der Waals surface area (Å²) in [7, 11) is 0. The number of amides is 1. The molecule has 3 aromatic carbocycles. The number of aryl methyl sites for hydroxylation is 1. The highest BCUT2D eigenvalue weighted by Crippen LogP contribution is 2.25. The molecule has 1 N–H and O–H groups in total. The van der Waals surface area contributed by atoms with E-state index in [-0.39, 0.29) is 17.6 Å². The number of carbonyl (C=O) groups excluding carboxylic acids is 1. The smallest absolute Gasteiger partial charge is 0.350 e. The lowest BCUT2D eigenvalue weighted by Gasteiger charge is -2.39. The molecular weight excluding hydrogens is 464 g/mol. The Kier molecular flexibility index (Phi) is 7.46. The lowest BCUT2D eigenvalue weighted by atomic mass is 10.0. The molecule has 1 atom stereocenters. The molecule has 190 valence electrons. The van der Waals surface area contributed by atoms with Crippen LogP contribution in [0.5, 0.6) is 0 Å². The minimum Gasteiger partial charge on any atom is -0.369 e. The van der Waals surface area contributed by atoms with E-state index in [1.165, 1.54) is 4.68 Å². The summed E-state index contributed by atoms with van der Waals surface area (Å²) in [4.78, 5) is 30.4. The van der Waals surface area contributed by atoms with E-state index in [1.807, 2.05) is 91.9 Å². The van der Waals surface area contributed by atoms with Gasteiger partial charge in [-0.25, -0.2) is 14.0 Å². The van der Waals surface area contributed by atoms with E-state index in [9.17, 15) is 9.59 Å². The third-order valence-corrected chi connectivity index (χ3v) is 6.88. The second-order valence-electron chi connectivity index (χ2n) is 9.16. The molecule has 37 heavy (non-hydrogen) atoms. The van der Waals surface area contributed by atoms with Gasteiger partial charge in [0.1, 0.15) is 12.4 Å². The summed E-state index contributed by atoms with van der Waals surface area (Å²) >= 11 is 0. The van der Waals surface area contributed by atoms with Gasteiger partial charge in [-0.15, -0.1) is 0 Å². The van der Waals surface area contributed by atoms with Gasteiger partial charge in [-0.2, -0.15) is 5.10 Å². The zero-order valence-electron chi connectivity index (χ0n) is 21.0. The molecule has 8 heteroatoms. The molecular formula is C29H32N6O2. The second kappa shape index (κ2) is 11.3. The maximum Gasteiger partial charge on any atom is 0.350 e. The number of rotatable bonds is 8. The maximum absolute atomic E-state index is 13.4. The van der Waals surface area contributed by atoms with Crippen LogP contribution in [-0.2, 0) is 17.9 Å². The van der Waals surface area contributed by atoms with Crippen molar-refractivity contribution in [1.29, 1.82) is 0 Å². The van der Waals surface area contributed by atoms with Crippen molar-refractivity contribution in [3.05, 3.63) is 113 Å². The van der Waals surface area contributed by atoms with Crippen LogP contribution < -0.4 is 15.9 Å². The van der Waals surface area contributed by atoms with Gasteiger partial charge in [-0.1, -0.05) is 60.7 Å². The van der Waals surface area contributed by atoms with Gasteiger partial charge < -0.3 is 10.2 Å². The average Bonchev–Trinajstić information content (AvgIpc) is 3.34. The van der Waals surface area contributed by atoms with Gasteiger partial charge in [-0.3, -0.25) is 9.69 Å². The number of piperazine rings is 1. The molecule has 0 saturated carbocycles. The molecule has 2 heterocycles. The largest absolute Gasteiger partial charge is 0.369 e. The number of nitrogens with one attached hydrogen (secondary N) is 1. The first-order chi connectivity index (χ1) is 18.1. The minimum atomic E-state index is -0.337. The fraction of sp³-hybridized carbons (Fsp3) is 0.276. The molecule has 0 aliphatic carbocycles. The molecule has 0 spiro atoms. The van der Waals surface area contributed by atoms with Crippen molar-refractivity contribution in [1.82, 2.24) is 24.6 Å². The van der Waals surface area contributed by atoms with Crippen molar-refractivity contribution < 1.29 is 4.79 Å². The number of aromatic nitrogens is 3. The van der Waals surface area contributed by atoms with E-state index >= 15 is 0 Å². The van der Waals surface area contributed by atoms with Crippen molar-refractivity contribution in [3.63, 3.8) is 0 Å². The number of hydrogen-bond donors (Lipinski definition) is 1. The first-order valence-electron chi connectivity index (χ1n) is 12.7. The maximum atomic E-state index is 13.4. The van der Waals surface area contributed by atoms with Crippen molar-refractivity contribution in [2.24, 2.45) is 0 Å². The molecule has 0 radical (unpaired) electrons. The average molecular weight is 497 g/mol. The van der Waals surface area contributed by atoms with Crippen LogP contribution in [0.1, 0.15) is 24.1 Å². The van der Waals surface area contributed by atoms with Gasteiger partial charge >= 0.3 is 5.69 Å². The molecule has 1 aromatic heterocycles. The summed E-state index contributed by atoms with van der Waals surface area (Å²) in [6.45, 7) is 6.10. The summed E-state index contributed by atoms with van der Waals surface area (Å²) in [5.74, 6) is 0.0194. The second-order valence-corrected chi connectivity index (χ2v) is 9.16. The molecule has 5 rings (SSSR count). The Bertz CT molecular complexity index is 1360. The summed E-state index contributed by atoms with van der Waals surface area (Å²) in [5, 5.41) is 7.28. The Balaban J connectivity index is 1.26. The van der Waals surface area contributed by atoms with E-state index in [2.05, 4.69) is 20.2 Å². The minimum absolute atomic E-state index is 0.0194. The van der Waals surface area contributed by atoms with Gasteiger partial charge in [0.2, 0.25) is 5.91 Å². The lowest BCUT2D eigenvalue weighted by Crippen LogP contribution is -2.51. The number of hydrogen-bond acceptors (Lipinski definition) is 5. The fourth-order valence-electron chi connectivity index (χ4n) is 4.84. The first kappa shape index (κ1) is 24.5. The lowest BCUT2D eigenvalue weighted by molar-refractivity contribution is -0.127. The third-order valence-electron chi connectivity index (χ3n) is 6.88. The molecule has 1 aliphatic rings. The topological polar surface area (TPSA) is 75.4 Å². The van der Waals surface area contributed by atoms with Crippen LogP contribution in [0.4, 0.5) is 5.69 Å². The predicted octanol–water partition coefficient (Wildman–Crippen LogP) is 3.23.